The van der Waals surface area contributed by atoms with Gasteiger partial charge in [0.1, 0.15) is 0 Å². The van der Waals surface area contributed by atoms with Gasteiger partial charge in [-0.1, -0.05) is 6.08 Å². The molecule has 0 spiro atoms. The molecule has 4 aliphatic heterocycles. The standard InChI is InChI=1S/C19H25N3O/c1-20-15-7-10-22(17-12-21-8-5-13(17)6-9-21)11-14(15)19-16(20)3-2-4-18(19)23/h2-3,13,17H,4-12H2,1H3. The smallest absolute Gasteiger partial charge is 0.169 e. The van der Waals surface area contributed by atoms with Crippen LogP contribution >= 0.6 is 0 Å². The van der Waals surface area contributed by atoms with E-state index in [1.807, 2.05) is 6.08 Å². The van der Waals surface area contributed by atoms with E-state index in [-0.39, 0.29) is 0 Å². The summed E-state index contributed by atoms with van der Waals surface area (Å²) >= 11 is 0. The van der Waals surface area contributed by atoms with Gasteiger partial charge < -0.3 is 9.47 Å². The minimum Gasteiger partial charge on any atom is -0.347 e. The van der Waals surface area contributed by atoms with Gasteiger partial charge in [-0.05, 0) is 43.5 Å². The molecule has 2 bridgehead atoms. The van der Waals surface area contributed by atoms with E-state index in [1.165, 1.54) is 43.7 Å². The second kappa shape index (κ2) is 5.05. The summed E-state index contributed by atoms with van der Waals surface area (Å²) in [5, 5.41) is 0. The van der Waals surface area contributed by atoms with Crippen molar-refractivity contribution in [2.75, 3.05) is 26.2 Å². The molecule has 4 heteroatoms. The first-order chi connectivity index (χ1) is 11.2. The summed E-state index contributed by atoms with van der Waals surface area (Å²) in [6, 6.07) is 0.704. The maximum atomic E-state index is 12.5. The van der Waals surface area contributed by atoms with Crippen molar-refractivity contribution in [3.8, 4) is 0 Å². The van der Waals surface area contributed by atoms with Crippen molar-refractivity contribution in [2.24, 2.45) is 13.0 Å². The van der Waals surface area contributed by atoms with E-state index in [1.54, 1.807) is 0 Å². The summed E-state index contributed by atoms with van der Waals surface area (Å²) in [5.41, 5.74) is 4.89. The van der Waals surface area contributed by atoms with Gasteiger partial charge in [0.05, 0.1) is 5.69 Å². The largest absolute Gasteiger partial charge is 0.347 e. The first-order valence-corrected chi connectivity index (χ1v) is 9.09. The van der Waals surface area contributed by atoms with Crippen molar-refractivity contribution in [1.82, 2.24) is 14.4 Å². The first kappa shape index (κ1) is 14.0. The fourth-order valence-corrected chi connectivity index (χ4v) is 5.35. The Morgan fingerprint density at radius 1 is 1.17 bits per heavy atom. The van der Waals surface area contributed by atoms with E-state index in [0.29, 0.717) is 18.2 Å². The van der Waals surface area contributed by atoms with Crippen molar-refractivity contribution in [3.63, 3.8) is 0 Å². The van der Waals surface area contributed by atoms with Crippen molar-refractivity contribution in [3.05, 3.63) is 28.6 Å². The maximum absolute atomic E-state index is 12.5. The van der Waals surface area contributed by atoms with Crippen LogP contribution in [0.3, 0.4) is 0 Å². The predicted octanol–water partition coefficient (Wildman–Crippen LogP) is 2.08. The molecule has 3 fully saturated rings. The summed E-state index contributed by atoms with van der Waals surface area (Å²) < 4.78 is 2.27. The molecule has 5 aliphatic rings. The molecule has 5 heterocycles. The van der Waals surface area contributed by atoms with Crippen LogP contribution in [0, 0.1) is 5.92 Å². The van der Waals surface area contributed by atoms with Crippen LogP contribution in [0.1, 0.15) is 46.6 Å². The van der Waals surface area contributed by atoms with E-state index >= 15 is 0 Å². The Kier molecular flexibility index (Phi) is 3.07. The minimum absolute atomic E-state index is 0.315. The third-order valence-electron chi connectivity index (χ3n) is 6.62. The van der Waals surface area contributed by atoms with Gasteiger partial charge >= 0.3 is 0 Å². The summed E-state index contributed by atoms with van der Waals surface area (Å²) in [7, 11) is 2.13. The lowest BCUT2D eigenvalue weighted by atomic mass is 9.82. The van der Waals surface area contributed by atoms with Crippen LogP contribution in [0.2, 0.25) is 0 Å². The molecule has 0 N–H and O–H groups in total. The van der Waals surface area contributed by atoms with Crippen LogP contribution in [0.4, 0.5) is 0 Å². The molecule has 122 valence electrons. The Morgan fingerprint density at radius 3 is 2.74 bits per heavy atom. The number of carbonyl (C=O) groups excluding carboxylic acids is 1. The molecule has 1 unspecified atom stereocenters. The summed E-state index contributed by atoms with van der Waals surface area (Å²) in [4.78, 5) is 17.8. The molecule has 0 aromatic carbocycles. The number of aromatic nitrogens is 1. The predicted molar refractivity (Wildman–Crippen MR) is 90.5 cm³/mol. The first-order valence-electron chi connectivity index (χ1n) is 9.09. The Balaban J connectivity index is 1.49. The highest BCUT2D eigenvalue weighted by Crippen LogP contribution is 2.36. The Morgan fingerprint density at radius 2 is 2.00 bits per heavy atom. The molecule has 4 nitrogen and oxygen atoms in total. The zero-order chi connectivity index (χ0) is 15.6. The minimum atomic E-state index is 0.315. The molecule has 1 atom stereocenters. The van der Waals surface area contributed by atoms with E-state index in [0.717, 1.165) is 36.7 Å². The van der Waals surface area contributed by atoms with Crippen LogP contribution in [-0.4, -0.2) is 52.4 Å². The van der Waals surface area contributed by atoms with Crippen molar-refractivity contribution < 1.29 is 4.79 Å². The number of ketones is 1. The fourth-order valence-electron chi connectivity index (χ4n) is 5.35. The second-order valence-corrected chi connectivity index (χ2v) is 7.70. The molecule has 6 rings (SSSR count). The van der Waals surface area contributed by atoms with Crippen molar-refractivity contribution in [1.29, 1.82) is 0 Å². The molecule has 0 saturated carbocycles. The molecule has 1 aromatic rings. The SMILES string of the molecule is Cn1c2c(c3c1CCN(C1CN4CCC1CC4)C3)C(=O)CC=C2. The molecule has 1 aliphatic carbocycles. The van der Waals surface area contributed by atoms with Gasteiger partial charge in [-0.25, -0.2) is 0 Å². The van der Waals surface area contributed by atoms with Crippen LogP contribution in [0.15, 0.2) is 6.08 Å². The molecule has 0 radical (unpaired) electrons. The number of hydrogen-bond acceptors (Lipinski definition) is 3. The highest BCUT2D eigenvalue weighted by Gasteiger charge is 2.40. The topological polar surface area (TPSA) is 28.5 Å². The molecule has 1 aromatic heterocycles. The Hall–Kier alpha value is -1.39. The number of piperidine rings is 3. The third-order valence-corrected chi connectivity index (χ3v) is 6.62. The average Bonchev–Trinajstić information content (AvgIpc) is 2.89. The number of rotatable bonds is 1. The molecule has 23 heavy (non-hydrogen) atoms. The average molecular weight is 311 g/mol. The lowest BCUT2D eigenvalue weighted by Crippen LogP contribution is -2.58. The zero-order valence-corrected chi connectivity index (χ0v) is 13.9. The number of hydrogen-bond donors (Lipinski definition) is 0. The molecule has 0 amide bonds. The number of carbonyl (C=O) groups is 1. The number of nitrogens with zero attached hydrogens (tertiary/aromatic N) is 3. The second-order valence-electron chi connectivity index (χ2n) is 7.70. The Labute approximate surface area is 137 Å². The number of fused-ring (bicyclic) bond motifs is 6. The molecule has 3 saturated heterocycles. The van der Waals surface area contributed by atoms with Gasteiger partial charge in [0.25, 0.3) is 0 Å². The fraction of sp³-hybridized carbons (Fsp3) is 0.632. The normalized spacial score (nSPS) is 32.9. The van der Waals surface area contributed by atoms with Crippen molar-refractivity contribution >= 4 is 11.9 Å². The lowest BCUT2D eigenvalue weighted by molar-refractivity contribution is -0.00117. The number of allylic oxidation sites excluding steroid dienone is 1. The van der Waals surface area contributed by atoms with Crippen LogP contribution < -0.4 is 0 Å². The van der Waals surface area contributed by atoms with Gasteiger partial charge in [0, 0.05) is 56.8 Å². The number of Topliss-reactive ketones (excluding diaryl/α,β-unsaturated/α-hetero) is 1. The Bertz CT molecular complexity index is 694. The van der Waals surface area contributed by atoms with Gasteiger partial charge in [0.2, 0.25) is 0 Å². The van der Waals surface area contributed by atoms with E-state index < -0.39 is 0 Å². The van der Waals surface area contributed by atoms with Crippen molar-refractivity contribution in [2.45, 2.75) is 38.3 Å². The third kappa shape index (κ3) is 2.01. The van der Waals surface area contributed by atoms with Gasteiger partial charge in [-0.2, -0.15) is 0 Å². The van der Waals surface area contributed by atoms with Crippen LogP contribution in [-0.2, 0) is 20.0 Å². The molecular formula is C19H25N3O. The monoisotopic (exact) mass is 311 g/mol. The highest BCUT2D eigenvalue weighted by atomic mass is 16.1. The quantitative estimate of drug-likeness (QED) is 0.795. The maximum Gasteiger partial charge on any atom is 0.169 e. The van der Waals surface area contributed by atoms with Crippen LogP contribution in [0.25, 0.3) is 6.08 Å². The molecular weight excluding hydrogens is 286 g/mol. The van der Waals surface area contributed by atoms with Gasteiger partial charge in [-0.15, -0.1) is 0 Å². The highest BCUT2D eigenvalue weighted by molar-refractivity contribution is 6.04. The van der Waals surface area contributed by atoms with Gasteiger partial charge in [0.15, 0.2) is 5.78 Å². The van der Waals surface area contributed by atoms with Gasteiger partial charge in [-0.3, -0.25) is 9.69 Å². The van der Waals surface area contributed by atoms with Crippen LogP contribution in [0.5, 0.6) is 0 Å². The summed E-state index contributed by atoms with van der Waals surface area (Å²) in [6.07, 6.45) is 8.55. The summed E-state index contributed by atoms with van der Waals surface area (Å²) in [5.74, 6) is 1.19. The summed E-state index contributed by atoms with van der Waals surface area (Å²) in [6.45, 7) is 5.96. The zero-order valence-electron chi connectivity index (χ0n) is 13.9. The van der Waals surface area contributed by atoms with E-state index in [4.69, 9.17) is 0 Å². The van der Waals surface area contributed by atoms with E-state index in [2.05, 4.69) is 27.5 Å². The van der Waals surface area contributed by atoms with E-state index in [9.17, 15) is 4.79 Å². The lowest BCUT2D eigenvalue weighted by Gasteiger charge is -2.50.